The SMILES string of the molecule is Cc1cc(F)ccc1-c1nc(N)c(I)c(C2CC2)n1. The predicted octanol–water partition coefficient (Wildman–Crippen LogP) is 3.66. The Morgan fingerprint density at radius 3 is 2.68 bits per heavy atom. The molecule has 3 nitrogen and oxygen atoms in total. The second-order valence-corrected chi connectivity index (χ2v) is 5.94. The molecule has 0 aliphatic heterocycles. The number of halogens is 2. The maximum absolute atomic E-state index is 13.2. The molecule has 0 radical (unpaired) electrons. The zero-order valence-corrected chi connectivity index (χ0v) is 12.6. The summed E-state index contributed by atoms with van der Waals surface area (Å²) in [5, 5.41) is 0. The third-order valence-corrected chi connectivity index (χ3v) is 4.40. The van der Waals surface area contributed by atoms with Crippen molar-refractivity contribution in [2.24, 2.45) is 0 Å². The Morgan fingerprint density at radius 2 is 2.05 bits per heavy atom. The smallest absolute Gasteiger partial charge is 0.162 e. The lowest BCUT2D eigenvalue weighted by molar-refractivity contribution is 0.627. The van der Waals surface area contributed by atoms with Crippen LogP contribution in [0.3, 0.4) is 0 Å². The molecule has 1 aromatic carbocycles. The Balaban J connectivity index is 2.14. The fourth-order valence-corrected chi connectivity index (χ4v) is 2.79. The zero-order chi connectivity index (χ0) is 13.6. The lowest BCUT2D eigenvalue weighted by atomic mass is 10.1. The van der Waals surface area contributed by atoms with Gasteiger partial charge in [0.15, 0.2) is 5.82 Å². The fourth-order valence-electron chi connectivity index (χ4n) is 2.11. The van der Waals surface area contributed by atoms with Crippen LogP contribution in [0, 0.1) is 16.3 Å². The average Bonchev–Trinajstić information content (AvgIpc) is 3.17. The molecule has 1 aliphatic carbocycles. The van der Waals surface area contributed by atoms with Gasteiger partial charge in [-0.3, -0.25) is 0 Å². The number of rotatable bonds is 2. The summed E-state index contributed by atoms with van der Waals surface area (Å²) in [5.74, 6) is 1.37. The van der Waals surface area contributed by atoms with E-state index in [2.05, 4.69) is 32.6 Å². The van der Waals surface area contributed by atoms with E-state index >= 15 is 0 Å². The van der Waals surface area contributed by atoms with Crippen molar-refractivity contribution in [3.05, 3.63) is 38.8 Å². The largest absolute Gasteiger partial charge is 0.383 e. The van der Waals surface area contributed by atoms with Crippen LogP contribution >= 0.6 is 22.6 Å². The number of hydrogen-bond donors (Lipinski definition) is 1. The molecule has 1 aromatic heterocycles. The molecular weight excluding hydrogens is 356 g/mol. The first-order valence-electron chi connectivity index (χ1n) is 6.15. The highest BCUT2D eigenvalue weighted by atomic mass is 127. The van der Waals surface area contributed by atoms with Gasteiger partial charge in [0.25, 0.3) is 0 Å². The van der Waals surface area contributed by atoms with E-state index in [-0.39, 0.29) is 5.82 Å². The van der Waals surface area contributed by atoms with Crippen molar-refractivity contribution in [2.45, 2.75) is 25.7 Å². The van der Waals surface area contributed by atoms with Crippen LogP contribution in [0.5, 0.6) is 0 Å². The molecule has 3 rings (SSSR count). The van der Waals surface area contributed by atoms with Crippen LogP contribution in [0.1, 0.15) is 30.0 Å². The topological polar surface area (TPSA) is 51.8 Å². The lowest BCUT2D eigenvalue weighted by Crippen LogP contribution is -2.05. The summed E-state index contributed by atoms with van der Waals surface area (Å²) < 4.78 is 14.1. The molecule has 0 unspecified atom stereocenters. The number of benzene rings is 1. The normalized spacial score (nSPS) is 14.7. The van der Waals surface area contributed by atoms with Gasteiger partial charge in [-0.25, -0.2) is 14.4 Å². The highest BCUT2D eigenvalue weighted by Crippen LogP contribution is 2.42. The van der Waals surface area contributed by atoms with Crippen molar-refractivity contribution in [1.82, 2.24) is 9.97 Å². The van der Waals surface area contributed by atoms with Crippen LogP contribution in [0.2, 0.25) is 0 Å². The van der Waals surface area contributed by atoms with Gasteiger partial charge in [0.05, 0.1) is 9.26 Å². The summed E-state index contributed by atoms with van der Waals surface area (Å²) >= 11 is 2.20. The highest BCUT2D eigenvalue weighted by Gasteiger charge is 2.29. The van der Waals surface area contributed by atoms with E-state index in [1.165, 1.54) is 12.1 Å². The van der Waals surface area contributed by atoms with Crippen molar-refractivity contribution >= 4 is 28.4 Å². The molecule has 1 fully saturated rings. The Kier molecular flexibility index (Phi) is 3.16. The summed E-state index contributed by atoms with van der Waals surface area (Å²) in [6, 6.07) is 4.63. The van der Waals surface area contributed by atoms with E-state index < -0.39 is 0 Å². The van der Waals surface area contributed by atoms with E-state index in [1.54, 1.807) is 6.07 Å². The molecule has 2 N–H and O–H groups in total. The molecule has 0 spiro atoms. The van der Waals surface area contributed by atoms with Gasteiger partial charge in [0.1, 0.15) is 11.6 Å². The van der Waals surface area contributed by atoms with Crippen LogP contribution in [0.15, 0.2) is 18.2 Å². The molecule has 0 atom stereocenters. The Morgan fingerprint density at radius 1 is 1.32 bits per heavy atom. The van der Waals surface area contributed by atoms with Crippen LogP contribution in [-0.2, 0) is 0 Å². The van der Waals surface area contributed by atoms with Gasteiger partial charge >= 0.3 is 0 Å². The molecular formula is C14H13FIN3. The number of nitrogen functional groups attached to an aromatic ring is 1. The first-order chi connectivity index (χ1) is 9.06. The average molecular weight is 369 g/mol. The maximum atomic E-state index is 13.2. The molecule has 2 aromatic rings. The lowest BCUT2D eigenvalue weighted by Gasteiger charge is -2.10. The van der Waals surface area contributed by atoms with E-state index in [9.17, 15) is 4.39 Å². The van der Waals surface area contributed by atoms with Gasteiger partial charge in [-0.2, -0.15) is 0 Å². The second-order valence-electron chi connectivity index (χ2n) is 4.87. The number of aromatic nitrogens is 2. The van der Waals surface area contributed by atoms with Gasteiger partial charge in [-0.1, -0.05) is 0 Å². The van der Waals surface area contributed by atoms with Crippen LogP contribution in [-0.4, -0.2) is 9.97 Å². The third kappa shape index (κ3) is 2.43. The molecule has 0 saturated heterocycles. The first-order valence-corrected chi connectivity index (χ1v) is 7.23. The first kappa shape index (κ1) is 12.8. The third-order valence-electron chi connectivity index (χ3n) is 3.30. The monoisotopic (exact) mass is 369 g/mol. The minimum atomic E-state index is -0.248. The Hall–Kier alpha value is -1.24. The molecule has 1 heterocycles. The summed E-state index contributed by atoms with van der Waals surface area (Å²) in [7, 11) is 0. The van der Waals surface area contributed by atoms with Crippen LogP contribution < -0.4 is 5.73 Å². The highest BCUT2D eigenvalue weighted by molar-refractivity contribution is 14.1. The van der Waals surface area contributed by atoms with Gasteiger partial charge in [0.2, 0.25) is 0 Å². The van der Waals surface area contributed by atoms with Crippen molar-refractivity contribution < 1.29 is 4.39 Å². The van der Waals surface area contributed by atoms with E-state index in [1.807, 2.05) is 6.92 Å². The standard InChI is InChI=1S/C14H13FIN3/c1-7-6-9(15)4-5-10(7)14-18-12(8-2-3-8)11(16)13(17)19-14/h4-6,8H,2-3H2,1H3,(H2,17,18,19). The number of nitrogens with zero attached hydrogens (tertiary/aromatic N) is 2. The van der Waals surface area contributed by atoms with Gasteiger partial charge in [-0.05, 0) is 66.1 Å². The summed E-state index contributed by atoms with van der Waals surface area (Å²) in [6.07, 6.45) is 2.32. The summed E-state index contributed by atoms with van der Waals surface area (Å²) in [6.45, 7) is 1.85. The zero-order valence-electron chi connectivity index (χ0n) is 10.5. The molecule has 98 valence electrons. The number of aryl methyl sites for hydroxylation is 1. The molecule has 5 heteroatoms. The van der Waals surface area contributed by atoms with Crippen LogP contribution in [0.25, 0.3) is 11.4 Å². The second kappa shape index (κ2) is 4.70. The van der Waals surface area contributed by atoms with Crippen LogP contribution in [0.4, 0.5) is 10.2 Å². The van der Waals surface area contributed by atoms with E-state index in [0.29, 0.717) is 17.6 Å². The Bertz CT molecular complexity index is 653. The van der Waals surface area contributed by atoms with E-state index in [0.717, 1.165) is 33.2 Å². The molecule has 0 amide bonds. The minimum Gasteiger partial charge on any atom is -0.383 e. The van der Waals surface area contributed by atoms with E-state index in [4.69, 9.17) is 5.73 Å². The van der Waals surface area contributed by atoms with Crippen molar-refractivity contribution in [1.29, 1.82) is 0 Å². The Labute approximate surface area is 124 Å². The van der Waals surface area contributed by atoms with Gasteiger partial charge in [-0.15, -0.1) is 0 Å². The quantitative estimate of drug-likeness (QED) is 0.823. The van der Waals surface area contributed by atoms with Crippen molar-refractivity contribution in [2.75, 3.05) is 5.73 Å². The fraction of sp³-hybridized carbons (Fsp3) is 0.286. The number of nitrogens with two attached hydrogens (primary N) is 1. The summed E-state index contributed by atoms with van der Waals surface area (Å²) in [5.41, 5.74) is 8.67. The number of anilines is 1. The molecule has 0 bridgehead atoms. The minimum absolute atomic E-state index is 0.248. The number of hydrogen-bond acceptors (Lipinski definition) is 3. The molecule has 19 heavy (non-hydrogen) atoms. The van der Waals surface area contributed by atoms with Crippen molar-refractivity contribution in [3.8, 4) is 11.4 Å². The maximum Gasteiger partial charge on any atom is 0.162 e. The van der Waals surface area contributed by atoms with Gasteiger partial charge in [0, 0.05) is 11.5 Å². The molecule has 1 saturated carbocycles. The van der Waals surface area contributed by atoms with Gasteiger partial charge < -0.3 is 5.73 Å². The van der Waals surface area contributed by atoms with Crippen molar-refractivity contribution in [3.63, 3.8) is 0 Å². The molecule has 1 aliphatic rings. The predicted molar refractivity (Wildman–Crippen MR) is 81.3 cm³/mol. The summed E-state index contributed by atoms with van der Waals surface area (Å²) in [4.78, 5) is 8.98.